The van der Waals surface area contributed by atoms with Gasteiger partial charge < -0.3 is 20.7 Å². The second-order valence-corrected chi connectivity index (χ2v) is 8.52. The lowest BCUT2D eigenvalue weighted by atomic mass is 9.98. The molecule has 0 aliphatic rings. The van der Waals surface area contributed by atoms with Crippen LogP contribution in [0, 0.1) is 19.7 Å². The van der Waals surface area contributed by atoms with Crippen molar-refractivity contribution in [3.8, 4) is 11.3 Å². The van der Waals surface area contributed by atoms with Gasteiger partial charge in [-0.25, -0.2) is 4.39 Å². The molecule has 0 aliphatic carbocycles. The molecule has 1 heterocycles. The molecule has 0 amide bonds. The van der Waals surface area contributed by atoms with Gasteiger partial charge >= 0.3 is 0 Å². The van der Waals surface area contributed by atoms with E-state index in [0.717, 1.165) is 11.1 Å². The Bertz CT molecular complexity index is 1480. The van der Waals surface area contributed by atoms with Gasteiger partial charge in [0.25, 0.3) is 0 Å². The zero-order valence-corrected chi connectivity index (χ0v) is 19.6. The number of hydrogen-bond donors (Lipinski definition) is 3. The maximum atomic E-state index is 14.7. The van der Waals surface area contributed by atoms with E-state index in [1.165, 1.54) is 6.07 Å². The van der Waals surface area contributed by atoms with Crippen molar-refractivity contribution in [2.75, 3.05) is 5.32 Å². The van der Waals surface area contributed by atoms with Crippen molar-refractivity contribution < 1.29 is 14.0 Å². The van der Waals surface area contributed by atoms with Crippen molar-refractivity contribution in [1.29, 1.82) is 0 Å². The highest BCUT2D eigenvalue weighted by molar-refractivity contribution is 6.31. The van der Waals surface area contributed by atoms with Gasteiger partial charge in [0.15, 0.2) is 17.1 Å². The Hall–Kier alpha value is -3.84. The summed E-state index contributed by atoms with van der Waals surface area (Å²) in [6, 6.07) is 15.6. The number of halogens is 2. The number of oxime groups is 1. The van der Waals surface area contributed by atoms with Crippen LogP contribution >= 0.6 is 11.6 Å². The maximum Gasteiger partial charge on any atom is 0.196 e. The van der Waals surface area contributed by atoms with E-state index < -0.39 is 17.7 Å². The molecule has 0 spiro atoms. The van der Waals surface area contributed by atoms with Crippen LogP contribution in [-0.2, 0) is 0 Å². The summed E-state index contributed by atoms with van der Waals surface area (Å²) in [7, 11) is 0. The van der Waals surface area contributed by atoms with Gasteiger partial charge in [-0.1, -0.05) is 53.2 Å². The Balaban J connectivity index is 1.90. The third-order valence-corrected chi connectivity index (χ3v) is 6.02. The summed E-state index contributed by atoms with van der Waals surface area (Å²) in [5.74, 6) is -0.737. The molecule has 0 saturated carbocycles. The van der Waals surface area contributed by atoms with Crippen LogP contribution in [0.4, 0.5) is 10.1 Å². The second kappa shape index (κ2) is 9.19. The third-order valence-electron chi connectivity index (χ3n) is 5.73. The van der Waals surface area contributed by atoms with Crippen LogP contribution in [0.2, 0.25) is 5.02 Å². The van der Waals surface area contributed by atoms with Gasteiger partial charge in [0, 0.05) is 22.4 Å². The number of hydrogen-bond acceptors (Lipinski definition) is 5. The number of anilines is 1. The van der Waals surface area contributed by atoms with Crippen molar-refractivity contribution in [3.05, 3.63) is 97.9 Å². The molecule has 174 valence electrons. The molecule has 4 aromatic rings. The van der Waals surface area contributed by atoms with Crippen LogP contribution in [-0.4, -0.2) is 11.0 Å². The van der Waals surface area contributed by atoms with Gasteiger partial charge in [0.05, 0.1) is 22.0 Å². The van der Waals surface area contributed by atoms with Crippen LogP contribution in [0.5, 0.6) is 0 Å². The van der Waals surface area contributed by atoms with Gasteiger partial charge in [0.2, 0.25) is 0 Å². The fourth-order valence-electron chi connectivity index (χ4n) is 4.04. The zero-order valence-electron chi connectivity index (χ0n) is 18.8. The van der Waals surface area contributed by atoms with E-state index in [1.54, 1.807) is 19.1 Å². The highest BCUT2D eigenvalue weighted by atomic mass is 35.5. The molecule has 3 aromatic carbocycles. The lowest BCUT2D eigenvalue weighted by molar-refractivity contribution is 0.318. The Morgan fingerprint density at radius 2 is 1.88 bits per heavy atom. The van der Waals surface area contributed by atoms with E-state index in [9.17, 15) is 9.18 Å². The first-order valence-corrected chi connectivity index (χ1v) is 11.0. The summed E-state index contributed by atoms with van der Waals surface area (Å²) < 4.78 is 21.0. The number of benzene rings is 3. The molecule has 1 aromatic heterocycles. The highest BCUT2D eigenvalue weighted by Gasteiger charge is 2.22. The predicted octanol–water partition coefficient (Wildman–Crippen LogP) is 6.14. The molecule has 8 heteroatoms. The van der Waals surface area contributed by atoms with E-state index in [-0.39, 0.29) is 21.7 Å². The Kier molecular flexibility index (Phi) is 6.30. The van der Waals surface area contributed by atoms with E-state index in [0.29, 0.717) is 27.9 Å². The van der Waals surface area contributed by atoms with Crippen LogP contribution < -0.4 is 16.5 Å². The average Bonchev–Trinajstić information content (AvgIpc) is 2.83. The fraction of sp³-hybridized carbons (Fsp3) is 0.154. The monoisotopic (exact) mass is 479 g/mol. The minimum atomic E-state index is -0.809. The van der Waals surface area contributed by atoms with Crippen molar-refractivity contribution in [2.24, 2.45) is 10.9 Å². The first-order chi connectivity index (χ1) is 16.2. The van der Waals surface area contributed by atoms with E-state index in [2.05, 4.69) is 10.5 Å². The summed E-state index contributed by atoms with van der Waals surface area (Å²) in [6.45, 7) is 5.48. The zero-order chi connectivity index (χ0) is 24.6. The minimum absolute atomic E-state index is 0.118. The Morgan fingerprint density at radius 1 is 1.18 bits per heavy atom. The van der Waals surface area contributed by atoms with Gasteiger partial charge in [-0.2, -0.15) is 0 Å². The third kappa shape index (κ3) is 4.10. The number of amidine groups is 1. The van der Waals surface area contributed by atoms with Crippen molar-refractivity contribution in [1.82, 2.24) is 0 Å². The van der Waals surface area contributed by atoms with Crippen LogP contribution in [0.1, 0.15) is 35.2 Å². The van der Waals surface area contributed by atoms with Crippen molar-refractivity contribution in [3.63, 3.8) is 0 Å². The van der Waals surface area contributed by atoms with Crippen LogP contribution in [0.25, 0.3) is 22.3 Å². The Morgan fingerprint density at radius 3 is 2.56 bits per heavy atom. The molecular formula is C26H23ClFN3O3. The summed E-state index contributed by atoms with van der Waals surface area (Å²) in [5.41, 5.74) is 9.03. The number of nitrogens with two attached hydrogens (primary N) is 1. The summed E-state index contributed by atoms with van der Waals surface area (Å²) >= 11 is 5.90. The van der Waals surface area contributed by atoms with Crippen LogP contribution in [0.15, 0.2) is 69.0 Å². The number of fused-ring (bicyclic) bond motifs is 1. The fourth-order valence-corrected chi connectivity index (χ4v) is 4.19. The molecule has 1 atom stereocenters. The van der Waals surface area contributed by atoms with Gasteiger partial charge in [-0.15, -0.1) is 0 Å². The standard InChI is InChI=1S/C26H23ClFN3O3/c1-13-11-17(15(3)30-20-10-9-19(27)22(28)21(20)26(29)31-33)25-18(12-13)23(32)14(2)24(34-25)16-7-5-4-6-8-16/h4-12,15,30,33H,1-3H3,(H2,29,31). The number of nitrogens with one attached hydrogen (secondary N) is 1. The van der Waals surface area contributed by atoms with Crippen LogP contribution in [0.3, 0.4) is 0 Å². The normalized spacial score (nSPS) is 12.7. The highest BCUT2D eigenvalue weighted by Crippen LogP contribution is 2.34. The average molecular weight is 480 g/mol. The topological polar surface area (TPSA) is 101 Å². The van der Waals surface area contributed by atoms with Crippen molar-refractivity contribution in [2.45, 2.75) is 26.8 Å². The number of nitrogens with zero attached hydrogens (tertiary/aromatic N) is 1. The van der Waals surface area contributed by atoms with Gasteiger partial charge in [0.1, 0.15) is 11.3 Å². The van der Waals surface area contributed by atoms with Gasteiger partial charge in [-0.3, -0.25) is 4.79 Å². The van der Waals surface area contributed by atoms with E-state index >= 15 is 0 Å². The molecule has 0 saturated heterocycles. The Labute approximate surface area is 200 Å². The quantitative estimate of drug-likeness (QED) is 0.138. The SMILES string of the molecule is Cc1cc(C(C)Nc2ccc(Cl)c(F)c2C(N)=NO)c2oc(-c3ccccc3)c(C)c(=O)c2c1. The predicted molar refractivity (Wildman–Crippen MR) is 133 cm³/mol. The molecule has 6 nitrogen and oxygen atoms in total. The molecule has 0 bridgehead atoms. The smallest absolute Gasteiger partial charge is 0.196 e. The summed E-state index contributed by atoms with van der Waals surface area (Å²) in [6.07, 6.45) is 0. The number of rotatable bonds is 5. The van der Waals surface area contributed by atoms with E-state index in [4.69, 9.17) is 27.0 Å². The van der Waals surface area contributed by atoms with Crippen molar-refractivity contribution >= 4 is 34.1 Å². The molecule has 0 fully saturated rings. The molecule has 4 N–H and O–H groups in total. The molecule has 0 aliphatic heterocycles. The lowest BCUT2D eigenvalue weighted by Gasteiger charge is -2.21. The molecule has 4 rings (SSSR count). The molecular weight excluding hydrogens is 457 g/mol. The lowest BCUT2D eigenvalue weighted by Crippen LogP contribution is -2.20. The first-order valence-electron chi connectivity index (χ1n) is 10.6. The second-order valence-electron chi connectivity index (χ2n) is 8.12. The molecule has 0 radical (unpaired) electrons. The first kappa shape index (κ1) is 23.3. The largest absolute Gasteiger partial charge is 0.455 e. The summed E-state index contributed by atoms with van der Waals surface area (Å²) in [5, 5.41) is 15.5. The minimum Gasteiger partial charge on any atom is -0.455 e. The van der Waals surface area contributed by atoms with E-state index in [1.807, 2.05) is 50.2 Å². The van der Waals surface area contributed by atoms with Gasteiger partial charge in [-0.05, 0) is 44.5 Å². The number of aryl methyl sites for hydroxylation is 1. The maximum absolute atomic E-state index is 14.7. The summed E-state index contributed by atoms with van der Waals surface area (Å²) in [4.78, 5) is 13.3. The molecule has 34 heavy (non-hydrogen) atoms. The molecule has 1 unspecified atom stereocenters.